The third-order valence-electron chi connectivity index (χ3n) is 6.74. The molecular weight excluding hydrogens is 520 g/mol. The first-order valence-electron chi connectivity index (χ1n) is 12.9. The SMILES string of the molecule is CCCCOc1ccc(S(=O)(=O)N2CCN(c3c(-c4ccc(OC)c(OC)c4)cnc4ncnn34)CC2)cc1. The molecule has 0 aliphatic carbocycles. The van der Waals surface area contributed by atoms with E-state index in [-0.39, 0.29) is 4.90 Å². The lowest BCUT2D eigenvalue weighted by molar-refractivity contribution is 0.309. The zero-order chi connectivity index (χ0) is 27.4. The number of rotatable bonds is 10. The standard InChI is InChI=1S/C27H32N6O5S/c1-4-5-16-38-21-7-9-22(10-8-21)39(34,35)32-14-12-31(13-15-32)26-23(18-28-27-29-19-30-33(26)27)20-6-11-24(36-2)25(17-20)37-3/h6-11,17-19H,4-5,12-16H2,1-3H3. The minimum Gasteiger partial charge on any atom is -0.494 e. The summed E-state index contributed by atoms with van der Waals surface area (Å²) in [6.07, 6.45) is 5.21. The molecule has 3 heterocycles. The third-order valence-corrected chi connectivity index (χ3v) is 8.65. The molecule has 12 heteroatoms. The maximum Gasteiger partial charge on any atom is 0.254 e. The fourth-order valence-corrected chi connectivity index (χ4v) is 6.03. The fourth-order valence-electron chi connectivity index (χ4n) is 4.61. The van der Waals surface area contributed by atoms with E-state index < -0.39 is 10.0 Å². The van der Waals surface area contributed by atoms with Crippen LogP contribution < -0.4 is 19.1 Å². The van der Waals surface area contributed by atoms with Gasteiger partial charge in [0.1, 0.15) is 17.9 Å². The highest BCUT2D eigenvalue weighted by atomic mass is 32.2. The Labute approximate surface area is 228 Å². The molecule has 0 bridgehead atoms. The quantitative estimate of drug-likeness (QED) is 0.273. The molecule has 0 unspecified atom stereocenters. The summed E-state index contributed by atoms with van der Waals surface area (Å²) in [6.45, 7) is 4.29. The second-order valence-corrected chi connectivity index (χ2v) is 11.0. The van der Waals surface area contributed by atoms with Crippen LogP contribution in [-0.4, -0.2) is 79.3 Å². The summed E-state index contributed by atoms with van der Waals surface area (Å²) in [4.78, 5) is 11.1. The number of hydrogen-bond donors (Lipinski definition) is 0. The minimum atomic E-state index is -3.65. The van der Waals surface area contributed by atoms with Gasteiger partial charge in [0.05, 0.1) is 25.7 Å². The summed E-state index contributed by atoms with van der Waals surface area (Å²) < 4.78 is 46.6. The van der Waals surface area contributed by atoms with Crippen molar-refractivity contribution in [1.29, 1.82) is 0 Å². The number of ether oxygens (including phenoxy) is 3. The highest BCUT2D eigenvalue weighted by Crippen LogP contribution is 2.37. The van der Waals surface area contributed by atoms with Crippen molar-refractivity contribution in [2.45, 2.75) is 24.7 Å². The monoisotopic (exact) mass is 552 g/mol. The molecule has 39 heavy (non-hydrogen) atoms. The van der Waals surface area contributed by atoms with Crippen LogP contribution in [0, 0.1) is 0 Å². The minimum absolute atomic E-state index is 0.257. The van der Waals surface area contributed by atoms with Gasteiger partial charge in [0.25, 0.3) is 5.78 Å². The number of unbranched alkanes of at least 4 members (excludes halogenated alkanes) is 1. The van der Waals surface area contributed by atoms with Crippen LogP contribution in [0.4, 0.5) is 5.82 Å². The van der Waals surface area contributed by atoms with Crippen LogP contribution in [0.5, 0.6) is 17.2 Å². The molecule has 0 saturated carbocycles. The summed E-state index contributed by atoms with van der Waals surface area (Å²) >= 11 is 0. The number of sulfonamides is 1. The van der Waals surface area contributed by atoms with E-state index in [2.05, 4.69) is 26.9 Å². The molecule has 0 N–H and O–H groups in total. The molecule has 1 aliphatic rings. The van der Waals surface area contributed by atoms with E-state index in [4.69, 9.17) is 14.2 Å². The van der Waals surface area contributed by atoms with E-state index in [1.54, 1.807) is 49.2 Å². The predicted molar refractivity (Wildman–Crippen MR) is 147 cm³/mol. The van der Waals surface area contributed by atoms with Crippen LogP contribution >= 0.6 is 0 Å². The van der Waals surface area contributed by atoms with Crippen molar-refractivity contribution in [3.8, 4) is 28.4 Å². The van der Waals surface area contributed by atoms with Gasteiger partial charge in [-0.3, -0.25) is 0 Å². The van der Waals surface area contributed by atoms with Gasteiger partial charge < -0.3 is 19.1 Å². The van der Waals surface area contributed by atoms with Crippen molar-refractivity contribution in [2.24, 2.45) is 0 Å². The molecule has 0 spiro atoms. The van der Waals surface area contributed by atoms with Gasteiger partial charge in [-0.15, -0.1) is 0 Å². The first kappa shape index (κ1) is 26.7. The predicted octanol–water partition coefficient (Wildman–Crippen LogP) is 3.50. The molecule has 2 aromatic carbocycles. The lowest BCUT2D eigenvalue weighted by Gasteiger charge is -2.36. The molecule has 206 valence electrons. The number of aromatic nitrogens is 4. The van der Waals surface area contributed by atoms with Crippen LogP contribution in [0.15, 0.2) is 59.9 Å². The largest absolute Gasteiger partial charge is 0.494 e. The summed E-state index contributed by atoms with van der Waals surface area (Å²) in [6, 6.07) is 12.3. The Kier molecular flexibility index (Phi) is 7.84. The first-order chi connectivity index (χ1) is 19.0. The van der Waals surface area contributed by atoms with Crippen molar-refractivity contribution >= 4 is 21.6 Å². The van der Waals surface area contributed by atoms with Crippen molar-refractivity contribution in [3.63, 3.8) is 0 Å². The highest BCUT2D eigenvalue weighted by Gasteiger charge is 2.31. The van der Waals surface area contributed by atoms with Crippen LogP contribution in [-0.2, 0) is 10.0 Å². The molecule has 4 aromatic rings. The van der Waals surface area contributed by atoms with Crippen molar-refractivity contribution in [1.82, 2.24) is 23.9 Å². The smallest absolute Gasteiger partial charge is 0.254 e. The average molecular weight is 553 g/mol. The molecule has 0 radical (unpaired) electrons. The number of nitrogens with zero attached hydrogens (tertiary/aromatic N) is 6. The lowest BCUT2D eigenvalue weighted by Crippen LogP contribution is -2.49. The molecular formula is C27H32N6O5S. The zero-order valence-electron chi connectivity index (χ0n) is 22.3. The second kappa shape index (κ2) is 11.5. The van der Waals surface area contributed by atoms with Crippen LogP contribution in [0.3, 0.4) is 0 Å². The fraction of sp³-hybridized carbons (Fsp3) is 0.370. The molecule has 0 atom stereocenters. The molecule has 0 amide bonds. The van der Waals surface area contributed by atoms with Gasteiger partial charge >= 0.3 is 0 Å². The van der Waals surface area contributed by atoms with Gasteiger partial charge in [-0.2, -0.15) is 18.9 Å². The summed E-state index contributed by atoms with van der Waals surface area (Å²) in [7, 11) is -0.463. The highest BCUT2D eigenvalue weighted by molar-refractivity contribution is 7.89. The number of hydrogen-bond acceptors (Lipinski definition) is 9. The molecule has 1 saturated heterocycles. The van der Waals surface area contributed by atoms with Crippen molar-refractivity contribution < 1.29 is 22.6 Å². The van der Waals surface area contributed by atoms with E-state index in [0.29, 0.717) is 55.8 Å². The Morgan fingerprint density at radius 3 is 2.36 bits per heavy atom. The molecule has 5 rings (SSSR count). The van der Waals surface area contributed by atoms with Gasteiger partial charge in [0, 0.05) is 37.9 Å². The van der Waals surface area contributed by atoms with Gasteiger partial charge in [0.2, 0.25) is 10.0 Å². The molecule has 1 aliphatic heterocycles. The first-order valence-corrected chi connectivity index (χ1v) is 14.3. The zero-order valence-corrected chi connectivity index (χ0v) is 23.1. The van der Waals surface area contributed by atoms with Gasteiger partial charge in [-0.1, -0.05) is 19.4 Å². The molecule has 1 fully saturated rings. The lowest BCUT2D eigenvalue weighted by atomic mass is 10.1. The van der Waals surface area contributed by atoms with Crippen molar-refractivity contribution in [2.75, 3.05) is 51.9 Å². The Morgan fingerprint density at radius 2 is 1.67 bits per heavy atom. The summed E-state index contributed by atoms with van der Waals surface area (Å²) in [5.41, 5.74) is 1.69. The maximum absolute atomic E-state index is 13.4. The Bertz CT molecular complexity index is 1530. The second-order valence-electron chi connectivity index (χ2n) is 9.10. The van der Waals surface area contributed by atoms with E-state index in [0.717, 1.165) is 29.8 Å². The van der Waals surface area contributed by atoms with Gasteiger partial charge in [-0.05, 0) is 48.4 Å². The Balaban J connectivity index is 1.38. The van der Waals surface area contributed by atoms with E-state index >= 15 is 0 Å². The number of piperazine rings is 1. The number of benzene rings is 2. The number of methoxy groups -OCH3 is 2. The van der Waals surface area contributed by atoms with Crippen LogP contribution in [0.25, 0.3) is 16.9 Å². The Hall–Kier alpha value is -3.90. The number of anilines is 1. The third kappa shape index (κ3) is 5.34. The van der Waals surface area contributed by atoms with E-state index in [1.807, 2.05) is 18.2 Å². The van der Waals surface area contributed by atoms with E-state index in [1.165, 1.54) is 10.6 Å². The van der Waals surface area contributed by atoms with Crippen LogP contribution in [0.2, 0.25) is 0 Å². The van der Waals surface area contributed by atoms with Gasteiger partial charge in [-0.25, -0.2) is 13.4 Å². The van der Waals surface area contributed by atoms with Crippen molar-refractivity contribution in [3.05, 3.63) is 55.0 Å². The summed E-state index contributed by atoms with van der Waals surface area (Å²) in [5.74, 6) is 3.14. The van der Waals surface area contributed by atoms with Crippen LogP contribution in [0.1, 0.15) is 19.8 Å². The molecule has 2 aromatic heterocycles. The molecule has 11 nitrogen and oxygen atoms in total. The maximum atomic E-state index is 13.4. The Morgan fingerprint density at radius 1 is 0.923 bits per heavy atom. The topological polar surface area (TPSA) is 111 Å². The average Bonchev–Trinajstić information content (AvgIpc) is 3.46. The van der Waals surface area contributed by atoms with Gasteiger partial charge in [0.15, 0.2) is 11.5 Å². The number of fused-ring (bicyclic) bond motifs is 1. The van der Waals surface area contributed by atoms with E-state index in [9.17, 15) is 8.42 Å². The summed E-state index contributed by atoms with van der Waals surface area (Å²) in [5, 5.41) is 4.41. The normalized spacial score (nSPS) is 14.5.